The number of nitrogens with zero attached hydrogens (tertiary/aromatic N) is 4. The van der Waals surface area contributed by atoms with E-state index >= 15 is 0 Å². The number of ether oxygens (including phenoxy) is 1. The van der Waals surface area contributed by atoms with Gasteiger partial charge in [0.1, 0.15) is 5.69 Å². The molecule has 1 aromatic heterocycles. The first-order valence-electron chi connectivity index (χ1n) is 16.1. The van der Waals surface area contributed by atoms with Gasteiger partial charge in [0.15, 0.2) is 5.69 Å². The van der Waals surface area contributed by atoms with Crippen LogP contribution in [0.2, 0.25) is 0 Å². The molecule has 0 spiro atoms. The summed E-state index contributed by atoms with van der Waals surface area (Å²) < 4.78 is 6.57. The Morgan fingerprint density at radius 3 is 1.52 bits per heavy atom. The molecule has 0 radical (unpaired) electrons. The molecular formula is C36H50N4O2. The lowest BCUT2D eigenvalue weighted by molar-refractivity contribution is 0.0234. The molecule has 2 heterocycles. The van der Waals surface area contributed by atoms with Crippen molar-refractivity contribution in [2.75, 3.05) is 36.0 Å². The number of anilines is 2. The van der Waals surface area contributed by atoms with Crippen molar-refractivity contribution in [1.82, 2.24) is 9.97 Å². The molecule has 0 amide bonds. The van der Waals surface area contributed by atoms with Crippen LogP contribution < -0.4 is 9.80 Å². The lowest BCUT2D eigenvalue weighted by Gasteiger charge is -2.36. The summed E-state index contributed by atoms with van der Waals surface area (Å²) in [5.41, 5.74) is 6.37. The summed E-state index contributed by atoms with van der Waals surface area (Å²) in [5, 5.41) is 0. The van der Waals surface area contributed by atoms with Crippen molar-refractivity contribution in [2.45, 2.75) is 98.5 Å². The van der Waals surface area contributed by atoms with Crippen molar-refractivity contribution in [3.8, 4) is 0 Å². The summed E-state index contributed by atoms with van der Waals surface area (Å²) in [7, 11) is 0. The third-order valence-electron chi connectivity index (χ3n) is 8.25. The SMILES string of the molecule is CCCN(CCC)c1ccc(C2(c3ccc(N(CCC)CCC)cc3C(C)C)OC(=O)c3nccnc32)c(C(C)C)c1. The molecule has 226 valence electrons. The molecule has 4 rings (SSSR count). The van der Waals surface area contributed by atoms with Crippen LogP contribution in [0.3, 0.4) is 0 Å². The van der Waals surface area contributed by atoms with Crippen molar-refractivity contribution in [2.24, 2.45) is 0 Å². The van der Waals surface area contributed by atoms with Crippen molar-refractivity contribution < 1.29 is 9.53 Å². The molecule has 0 saturated carbocycles. The number of benzene rings is 2. The first-order valence-corrected chi connectivity index (χ1v) is 16.1. The topological polar surface area (TPSA) is 58.6 Å². The molecular weight excluding hydrogens is 520 g/mol. The molecule has 0 unspecified atom stereocenters. The van der Waals surface area contributed by atoms with Crippen molar-refractivity contribution in [1.29, 1.82) is 0 Å². The summed E-state index contributed by atoms with van der Waals surface area (Å²) in [6.45, 7) is 21.8. The predicted octanol–water partition coefficient (Wildman–Crippen LogP) is 8.44. The first kappa shape index (κ1) is 31.5. The molecule has 0 atom stereocenters. The van der Waals surface area contributed by atoms with Gasteiger partial charge in [0.05, 0.1) is 0 Å². The number of hydrogen-bond acceptors (Lipinski definition) is 6. The average Bonchev–Trinajstić information content (AvgIpc) is 3.29. The highest BCUT2D eigenvalue weighted by atomic mass is 16.6. The summed E-state index contributed by atoms with van der Waals surface area (Å²) in [6, 6.07) is 13.4. The smallest absolute Gasteiger partial charge is 0.360 e. The van der Waals surface area contributed by atoms with Gasteiger partial charge in [-0.15, -0.1) is 0 Å². The number of cyclic esters (lactones) is 1. The Morgan fingerprint density at radius 1 is 0.690 bits per heavy atom. The second kappa shape index (κ2) is 13.7. The third-order valence-corrected chi connectivity index (χ3v) is 8.25. The van der Waals surface area contributed by atoms with Crippen LogP contribution >= 0.6 is 0 Å². The van der Waals surface area contributed by atoms with E-state index in [1.807, 2.05) is 0 Å². The first-order chi connectivity index (χ1) is 20.2. The normalized spacial score (nSPS) is 13.9. The van der Waals surface area contributed by atoms with E-state index in [0.717, 1.165) is 74.1 Å². The molecule has 0 bridgehead atoms. The van der Waals surface area contributed by atoms with Gasteiger partial charge in [-0.2, -0.15) is 0 Å². The van der Waals surface area contributed by atoms with Gasteiger partial charge in [0.2, 0.25) is 5.60 Å². The molecule has 1 aliphatic rings. The van der Waals surface area contributed by atoms with Crippen LogP contribution in [-0.4, -0.2) is 42.1 Å². The van der Waals surface area contributed by atoms with Gasteiger partial charge in [-0.05, 0) is 72.9 Å². The fourth-order valence-electron chi connectivity index (χ4n) is 6.40. The van der Waals surface area contributed by atoms with E-state index in [4.69, 9.17) is 9.72 Å². The van der Waals surface area contributed by atoms with Crippen molar-refractivity contribution >= 4 is 17.3 Å². The number of carbonyl (C=O) groups is 1. The van der Waals surface area contributed by atoms with E-state index in [9.17, 15) is 4.79 Å². The second-order valence-corrected chi connectivity index (χ2v) is 12.2. The van der Waals surface area contributed by atoms with Gasteiger partial charge >= 0.3 is 5.97 Å². The van der Waals surface area contributed by atoms with Crippen LogP contribution in [0.25, 0.3) is 0 Å². The van der Waals surface area contributed by atoms with Crippen LogP contribution in [0.5, 0.6) is 0 Å². The van der Waals surface area contributed by atoms with Crippen molar-refractivity contribution in [3.63, 3.8) is 0 Å². The van der Waals surface area contributed by atoms with E-state index < -0.39 is 11.6 Å². The molecule has 0 saturated heterocycles. The van der Waals surface area contributed by atoms with Crippen LogP contribution in [0.1, 0.15) is 131 Å². The summed E-state index contributed by atoms with van der Waals surface area (Å²) >= 11 is 0. The molecule has 42 heavy (non-hydrogen) atoms. The van der Waals surface area contributed by atoms with Gasteiger partial charge in [-0.3, -0.25) is 4.98 Å². The third kappa shape index (κ3) is 5.91. The molecule has 6 nitrogen and oxygen atoms in total. The minimum atomic E-state index is -1.18. The van der Waals surface area contributed by atoms with Crippen LogP contribution in [0, 0.1) is 0 Å². The standard InChI is InChI=1S/C36H50N4O2/c1-9-19-39(20-10-2)27-13-15-31(29(23-27)25(5)6)36(34-33(35(41)42-36)37-17-18-38-34)32-16-14-28(24-30(32)26(7)8)40(21-11-3)22-12-4/h13-18,23-26H,9-12,19-22H2,1-8H3. The number of carbonyl (C=O) groups excluding carboxylic acids is 1. The Bertz CT molecular complexity index is 1280. The van der Waals surface area contributed by atoms with Gasteiger partial charge in [-0.1, -0.05) is 67.5 Å². The quantitative estimate of drug-likeness (QED) is 0.181. The number of rotatable bonds is 14. The Labute approximate surface area is 253 Å². The van der Waals surface area contributed by atoms with Crippen molar-refractivity contribution in [3.05, 3.63) is 82.4 Å². The Balaban J connectivity index is 2.03. The van der Waals surface area contributed by atoms with E-state index in [1.54, 1.807) is 12.4 Å². The zero-order valence-corrected chi connectivity index (χ0v) is 27.0. The maximum atomic E-state index is 13.5. The van der Waals surface area contributed by atoms with Crippen LogP contribution in [0.4, 0.5) is 11.4 Å². The maximum Gasteiger partial charge on any atom is 0.360 e. The minimum absolute atomic E-state index is 0.202. The number of fused-ring (bicyclic) bond motifs is 1. The Hall–Kier alpha value is -3.41. The van der Waals surface area contributed by atoms with Crippen LogP contribution in [-0.2, 0) is 10.3 Å². The molecule has 1 aliphatic heterocycles. The molecule has 0 aliphatic carbocycles. The summed E-state index contributed by atoms with van der Waals surface area (Å²) in [6.07, 6.45) is 7.59. The lowest BCUT2D eigenvalue weighted by Crippen LogP contribution is -2.34. The van der Waals surface area contributed by atoms with E-state index in [2.05, 4.69) is 107 Å². The Kier molecular flexibility index (Phi) is 10.3. The highest BCUT2D eigenvalue weighted by Gasteiger charge is 2.53. The van der Waals surface area contributed by atoms with Gasteiger partial charge in [0.25, 0.3) is 0 Å². The number of esters is 1. The summed E-state index contributed by atoms with van der Waals surface area (Å²) in [4.78, 5) is 27.8. The lowest BCUT2D eigenvalue weighted by atomic mass is 9.75. The van der Waals surface area contributed by atoms with Gasteiger partial charge in [0, 0.05) is 61.1 Å². The Morgan fingerprint density at radius 2 is 1.12 bits per heavy atom. The van der Waals surface area contributed by atoms with E-state index in [1.165, 1.54) is 11.4 Å². The van der Waals surface area contributed by atoms with Gasteiger partial charge < -0.3 is 14.5 Å². The monoisotopic (exact) mass is 570 g/mol. The van der Waals surface area contributed by atoms with E-state index in [0.29, 0.717) is 11.4 Å². The van der Waals surface area contributed by atoms with E-state index in [-0.39, 0.29) is 11.8 Å². The molecule has 0 N–H and O–H groups in total. The zero-order chi connectivity index (χ0) is 30.4. The minimum Gasteiger partial charge on any atom is -0.438 e. The second-order valence-electron chi connectivity index (χ2n) is 12.2. The predicted molar refractivity (Wildman–Crippen MR) is 174 cm³/mol. The van der Waals surface area contributed by atoms with Crippen LogP contribution in [0.15, 0.2) is 48.8 Å². The highest BCUT2D eigenvalue weighted by molar-refractivity contribution is 5.94. The largest absolute Gasteiger partial charge is 0.438 e. The molecule has 6 heteroatoms. The average molecular weight is 571 g/mol. The number of hydrogen-bond donors (Lipinski definition) is 0. The maximum absolute atomic E-state index is 13.5. The molecule has 3 aromatic rings. The fourth-order valence-corrected chi connectivity index (χ4v) is 6.40. The number of aromatic nitrogens is 2. The summed E-state index contributed by atoms with van der Waals surface area (Å²) in [5.74, 6) is -0.0201. The fraction of sp³-hybridized carbons (Fsp3) is 0.528. The molecule has 2 aromatic carbocycles. The zero-order valence-electron chi connectivity index (χ0n) is 27.0. The molecule has 0 fully saturated rings. The highest BCUT2D eigenvalue weighted by Crippen LogP contribution is 2.50. The van der Waals surface area contributed by atoms with Gasteiger partial charge in [-0.25, -0.2) is 9.78 Å².